The minimum absolute atomic E-state index is 0.0434. The largest absolute Gasteiger partial charge is 0.433 e. The van der Waals surface area contributed by atoms with Gasteiger partial charge >= 0.3 is 6.18 Å². The monoisotopic (exact) mass is 299 g/mol. The molecule has 2 aromatic rings. The molecule has 0 atom stereocenters. The number of hydrogen-bond donors (Lipinski definition) is 1. The topological polar surface area (TPSA) is 55.6 Å². The number of alkyl halides is 3. The van der Waals surface area contributed by atoms with Crippen LogP contribution in [0.1, 0.15) is 25.2 Å². The van der Waals surface area contributed by atoms with Crippen molar-refractivity contribution in [3.8, 4) is 11.3 Å². The van der Waals surface area contributed by atoms with Gasteiger partial charge in [-0.1, -0.05) is 0 Å². The second kappa shape index (κ2) is 5.34. The fourth-order valence-corrected chi connectivity index (χ4v) is 1.90. The van der Waals surface area contributed by atoms with Crippen LogP contribution in [-0.2, 0) is 13.2 Å². The summed E-state index contributed by atoms with van der Waals surface area (Å²) >= 11 is 0. The van der Waals surface area contributed by atoms with Gasteiger partial charge in [0.2, 0.25) is 5.95 Å². The van der Waals surface area contributed by atoms with E-state index in [0.717, 1.165) is 6.07 Å². The molecule has 0 spiro atoms. The van der Waals surface area contributed by atoms with E-state index in [1.807, 2.05) is 0 Å². The Bertz CT molecular complexity index is 646. The van der Waals surface area contributed by atoms with E-state index in [1.54, 1.807) is 34.0 Å². The zero-order valence-electron chi connectivity index (χ0n) is 12.2. The summed E-state index contributed by atoms with van der Waals surface area (Å²) < 4.78 is 40.4. The zero-order valence-corrected chi connectivity index (χ0v) is 12.2. The first-order valence-corrected chi connectivity index (χ1v) is 6.40. The minimum Gasteiger partial charge on any atom is -0.352 e. The fraction of sp³-hybridized carbons (Fsp3) is 0.462. The van der Waals surface area contributed by atoms with Crippen LogP contribution in [0.25, 0.3) is 11.3 Å². The SMILES string of the molecule is Cc1nn(C)cc1-c1cc(C(F)(F)F)nc(NC(C)C)n1. The van der Waals surface area contributed by atoms with E-state index in [4.69, 9.17) is 0 Å². The molecule has 0 saturated heterocycles. The van der Waals surface area contributed by atoms with Crippen molar-refractivity contribution in [2.75, 3.05) is 5.32 Å². The van der Waals surface area contributed by atoms with Crippen molar-refractivity contribution in [1.82, 2.24) is 19.7 Å². The van der Waals surface area contributed by atoms with Gasteiger partial charge < -0.3 is 5.32 Å². The first-order valence-electron chi connectivity index (χ1n) is 6.40. The summed E-state index contributed by atoms with van der Waals surface area (Å²) in [6.07, 6.45) is -2.89. The third-order valence-electron chi connectivity index (χ3n) is 2.72. The van der Waals surface area contributed by atoms with Gasteiger partial charge in [-0.25, -0.2) is 9.97 Å². The van der Waals surface area contributed by atoms with Crippen LogP contribution in [0, 0.1) is 6.92 Å². The summed E-state index contributed by atoms with van der Waals surface area (Å²) in [4.78, 5) is 7.69. The number of aryl methyl sites for hydroxylation is 2. The van der Waals surface area contributed by atoms with E-state index >= 15 is 0 Å². The Morgan fingerprint density at radius 2 is 1.90 bits per heavy atom. The van der Waals surface area contributed by atoms with Crippen LogP contribution in [0.5, 0.6) is 0 Å². The predicted molar refractivity (Wildman–Crippen MR) is 72.7 cm³/mol. The Balaban J connectivity index is 2.57. The van der Waals surface area contributed by atoms with E-state index in [1.165, 1.54) is 4.68 Å². The van der Waals surface area contributed by atoms with Gasteiger partial charge in [-0.3, -0.25) is 4.68 Å². The number of hydrogen-bond acceptors (Lipinski definition) is 4. The van der Waals surface area contributed by atoms with Crippen molar-refractivity contribution in [3.63, 3.8) is 0 Å². The van der Waals surface area contributed by atoms with Crippen LogP contribution in [-0.4, -0.2) is 25.8 Å². The second-order valence-corrected chi connectivity index (χ2v) is 5.06. The number of halogens is 3. The van der Waals surface area contributed by atoms with Crippen LogP contribution in [0.3, 0.4) is 0 Å². The van der Waals surface area contributed by atoms with Gasteiger partial charge in [0, 0.05) is 24.8 Å². The second-order valence-electron chi connectivity index (χ2n) is 5.06. The van der Waals surface area contributed by atoms with Crippen molar-refractivity contribution in [2.45, 2.75) is 33.0 Å². The highest BCUT2D eigenvalue weighted by molar-refractivity contribution is 5.62. The van der Waals surface area contributed by atoms with Crippen LogP contribution in [0.4, 0.5) is 19.1 Å². The first kappa shape index (κ1) is 15.3. The summed E-state index contributed by atoms with van der Waals surface area (Å²) in [5.41, 5.74) is 0.391. The lowest BCUT2D eigenvalue weighted by atomic mass is 10.1. The van der Waals surface area contributed by atoms with Gasteiger partial charge in [0.15, 0.2) is 5.69 Å². The summed E-state index contributed by atoms with van der Waals surface area (Å²) in [7, 11) is 1.70. The maximum Gasteiger partial charge on any atom is 0.433 e. The molecule has 0 aliphatic heterocycles. The number of rotatable bonds is 3. The molecule has 5 nitrogen and oxygen atoms in total. The maximum absolute atomic E-state index is 13.0. The average molecular weight is 299 g/mol. The van der Waals surface area contributed by atoms with Gasteiger partial charge in [-0.2, -0.15) is 18.3 Å². The Hall–Kier alpha value is -2.12. The van der Waals surface area contributed by atoms with E-state index in [9.17, 15) is 13.2 Å². The molecule has 0 fully saturated rings. The standard InChI is InChI=1S/C13H16F3N5/c1-7(2)17-12-18-10(5-11(19-12)13(14,15)16)9-6-21(4)20-8(9)3/h5-7H,1-4H3,(H,17,18,19). The minimum atomic E-state index is -4.53. The van der Waals surface area contributed by atoms with Crippen molar-refractivity contribution < 1.29 is 13.2 Å². The summed E-state index contributed by atoms with van der Waals surface area (Å²) in [5, 5.41) is 6.93. The highest BCUT2D eigenvalue weighted by Crippen LogP contribution is 2.31. The molecule has 21 heavy (non-hydrogen) atoms. The lowest BCUT2D eigenvalue weighted by molar-refractivity contribution is -0.141. The Morgan fingerprint density at radius 1 is 1.24 bits per heavy atom. The molecule has 0 aromatic carbocycles. The molecule has 114 valence electrons. The maximum atomic E-state index is 13.0. The van der Waals surface area contributed by atoms with Crippen molar-refractivity contribution >= 4 is 5.95 Å². The highest BCUT2D eigenvalue weighted by atomic mass is 19.4. The normalized spacial score (nSPS) is 12.0. The van der Waals surface area contributed by atoms with E-state index in [-0.39, 0.29) is 17.7 Å². The molecular formula is C13H16F3N5. The van der Waals surface area contributed by atoms with Crippen LogP contribution in [0.15, 0.2) is 12.3 Å². The van der Waals surface area contributed by atoms with E-state index in [2.05, 4.69) is 20.4 Å². The number of anilines is 1. The van der Waals surface area contributed by atoms with Crippen molar-refractivity contribution in [1.29, 1.82) is 0 Å². The van der Waals surface area contributed by atoms with Crippen LogP contribution in [0.2, 0.25) is 0 Å². The van der Waals surface area contributed by atoms with Crippen molar-refractivity contribution in [3.05, 3.63) is 23.7 Å². The molecule has 0 bridgehead atoms. The average Bonchev–Trinajstić information content (AvgIpc) is 2.66. The molecule has 0 saturated carbocycles. The number of nitrogens with one attached hydrogen (secondary N) is 1. The molecule has 0 aliphatic rings. The summed E-state index contributed by atoms with van der Waals surface area (Å²) in [6, 6.07) is 0.867. The number of nitrogens with zero attached hydrogens (tertiary/aromatic N) is 4. The van der Waals surface area contributed by atoms with Crippen molar-refractivity contribution in [2.24, 2.45) is 7.05 Å². The Labute approximate surface area is 120 Å². The van der Waals surface area contributed by atoms with Gasteiger partial charge in [-0.15, -0.1) is 0 Å². The molecule has 1 N–H and O–H groups in total. The molecule has 2 heterocycles. The summed E-state index contributed by atoms with van der Waals surface area (Å²) in [5.74, 6) is -0.0434. The van der Waals surface area contributed by atoms with E-state index < -0.39 is 11.9 Å². The molecule has 8 heteroatoms. The molecule has 0 unspecified atom stereocenters. The third-order valence-corrected chi connectivity index (χ3v) is 2.72. The van der Waals surface area contributed by atoms with Gasteiger partial charge in [0.25, 0.3) is 0 Å². The Kier molecular flexibility index (Phi) is 3.89. The summed E-state index contributed by atoms with van der Waals surface area (Å²) in [6.45, 7) is 5.33. The fourth-order valence-electron chi connectivity index (χ4n) is 1.90. The molecule has 0 radical (unpaired) electrons. The highest BCUT2D eigenvalue weighted by Gasteiger charge is 2.34. The Morgan fingerprint density at radius 3 is 2.38 bits per heavy atom. The lowest BCUT2D eigenvalue weighted by Crippen LogP contribution is -2.16. The lowest BCUT2D eigenvalue weighted by Gasteiger charge is -2.13. The van der Waals surface area contributed by atoms with Gasteiger partial charge in [0.1, 0.15) is 0 Å². The number of aromatic nitrogens is 4. The van der Waals surface area contributed by atoms with Gasteiger partial charge in [-0.05, 0) is 26.8 Å². The van der Waals surface area contributed by atoms with Crippen LogP contribution < -0.4 is 5.32 Å². The molecule has 0 amide bonds. The van der Waals surface area contributed by atoms with Gasteiger partial charge in [0.05, 0.1) is 11.4 Å². The predicted octanol–water partition coefficient (Wildman–Crippen LogP) is 3.02. The first-order chi connectivity index (χ1) is 9.66. The quantitative estimate of drug-likeness (QED) is 0.946. The zero-order chi connectivity index (χ0) is 15.8. The molecular weight excluding hydrogens is 283 g/mol. The molecule has 2 aromatic heterocycles. The van der Waals surface area contributed by atoms with E-state index in [0.29, 0.717) is 11.3 Å². The smallest absolute Gasteiger partial charge is 0.352 e. The third kappa shape index (κ3) is 3.50. The molecule has 0 aliphatic carbocycles. The van der Waals surface area contributed by atoms with Crippen LogP contribution >= 0.6 is 0 Å². The molecule has 2 rings (SSSR count).